The van der Waals surface area contributed by atoms with Crippen molar-refractivity contribution in [2.45, 2.75) is 45.4 Å². The van der Waals surface area contributed by atoms with Crippen molar-refractivity contribution in [3.8, 4) is 0 Å². The monoisotopic (exact) mass is 272 g/mol. The van der Waals surface area contributed by atoms with E-state index in [9.17, 15) is 4.79 Å². The van der Waals surface area contributed by atoms with Gasteiger partial charge in [-0.2, -0.15) is 0 Å². The molecule has 0 bridgehead atoms. The van der Waals surface area contributed by atoms with Crippen LogP contribution in [0.15, 0.2) is 24.3 Å². The molecule has 1 aromatic heterocycles. The number of hydrogen-bond acceptors (Lipinski definition) is 3. The molecule has 2 unspecified atom stereocenters. The summed E-state index contributed by atoms with van der Waals surface area (Å²) in [5.74, 6) is -0.164. The van der Waals surface area contributed by atoms with Crippen LogP contribution in [0.4, 0.5) is 0 Å². The number of H-pyrrole nitrogens is 1. The van der Waals surface area contributed by atoms with Crippen molar-refractivity contribution in [2.75, 3.05) is 0 Å². The molecule has 3 rings (SSSR count). The number of carbonyl (C=O) groups excluding carboxylic acids is 1. The summed E-state index contributed by atoms with van der Waals surface area (Å²) in [6, 6.07) is 8.09. The molecule has 1 aliphatic heterocycles. The third kappa shape index (κ3) is 2.20. The first-order chi connectivity index (χ1) is 9.56. The first-order valence-corrected chi connectivity index (χ1v) is 7.12. The average molecular weight is 272 g/mol. The van der Waals surface area contributed by atoms with Crippen molar-refractivity contribution in [1.29, 1.82) is 0 Å². The topological polar surface area (TPSA) is 54.1 Å². The number of ether oxygens (including phenoxy) is 1. The van der Waals surface area contributed by atoms with Crippen molar-refractivity contribution in [2.24, 2.45) is 0 Å². The Morgan fingerprint density at radius 1 is 1.35 bits per heavy atom. The van der Waals surface area contributed by atoms with Crippen molar-refractivity contribution >= 4 is 16.9 Å². The zero-order chi connectivity index (χ0) is 14.3. The number of esters is 1. The number of para-hydroxylation sites is 1. The van der Waals surface area contributed by atoms with Gasteiger partial charge in [0.25, 0.3) is 0 Å². The van der Waals surface area contributed by atoms with Crippen LogP contribution in [0, 0.1) is 0 Å². The fourth-order valence-corrected chi connectivity index (χ4v) is 2.92. The minimum absolute atomic E-state index is 0.0797. The summed E-state index contributed by atoms with van der Waals surface area (Å²) in [4.78, 5) is 15.6. The minimum Gasteiger partial charge on any atom is -0.462 e. The van der Waals surface area contributed by atoms with E-state index in [0.717, 1.165) is 5.52 Å². The maximum atomic E-state index is 12.1. The van der Waals surface area contributed by atoms with Crippen LogP contribution in [-0.4, -0.2) is 23.1 Å². The molecular weight excluding hydrogens is 252 g/mol. The van der Waals surface area contributed by atoms with Crippen molar-refractivity contribution in [1.82, 2.24) is 10.3 Å². The number of fused-ring (bicyclic) bond motifs is 3. The molecule has 0 spiro atoms. The predicted octanol–water partition coefficient (Wildman–Crippen LogP) is 2.69. The largest absolute Gasteiger partial charge is 0.462 e. The molecule has 0 saturated heterocycles. The molecule has 1 aliphatic rings. The van der Waals surface area contributed by atoms with Gasteiger partial charge in [0.2, 0.25) is 0 Å². The zero-order valence-electron chi connectivity index (χ0n) is 12.1. The molecule has 0 radical (unpaired) electrons. The number of carbonyl (C=O) groups is 1. The van der Waals surface area contributed by atoms with Gasteiger partial charge in [-0.25, -0.2) is 0 Å². The van der Waals surface area contributed by atoms with E-state index < -0.39 is 0 Å². The highest BCUT2D eigenvalue weighted by Crippen LogP contribution is 2.31. The molecule has 106 valence electrons. The number of nitrogens with one attached hydrogen (secondary N) is 2. The molecule has 2 atom stereocenters. The van der Waals surface area contributed by atoms with E-state index in [2.05, 4.69) is 29.4 Å². The first-order valence-electron chi connectivity index (χ1n) is 7.12. The zero-order valence-corrected chi connectivity index (χ0v) is 12.1. The lowest BCUT2D eigenvalue weighted by molar-refractivity contribution is -0.150. The van der Waals surface area contributed by atoms with Gasteiger partial charge in [0, 0.05) is 29.1 Å². The van der Waals surface area contributed by atoms with Gasteiger partial charge in [0.15, 0.2) is 0 Å². The van der Waals surface area contributed by atoms with Gasteiger partial charge in [0.1, 0.15) is 6.04 Å². The van der Waals surface area contributed by atoms with Crippen LogP contribution >= 0.6 is 0 Å². The lowest BCUT2D eigenvalue weighted by Gasteiger charge is -2.28. The smallest absolute Gasteiger partial charge is 0.323 e. The molecule has 4 heteroatoms. The molecule has 0 saturated carbocycles. The average Bonchev–Trinajstić information content (AvgIpc) is 2.77. The van der Waals surface area contributed by atoms with E-state index in [0.29, 0.717) is 6.42 Å². The Balaban J connectivity index is 1.95. The van der Waals surface area contributed by atoms with Gasteiger partial charge >= 0.3 is 5.97 Å². The van der Waals surface area contributed by atoms with Gasteiger partial charge in [-0.15, -0.1) is 0 Å². The van der Waals surface area contributed by atoms with Gasteiger partial charge in [-0.1, -0.05) is 18.2 Å². The third-order valence-corrected chi connectivity index (χ3v) is 3.78. The summed E-state index contributed by atoms with van der Waals surface area (Å²) in [6.45, 7) is 5.82. The minimum atomic E-state index is -0.265. The van der Waals surface area contributed by atoms with Crippen molar-refractivity contribution in [3.63, 3.8) is 0 Å². The Bertz CT molecular complexity index is 645. The van der Waals surface area contributed by atoms with Crippen molar-refractivity contribution in [3.05, 3.63) is 35.5 Å². The molecule has 1 aromatic carbocycles. The number of aromatic nitrogens is 1. The Morgan fingerprint density at radius 3 is 2.85 bits per heavy atom. The fraction of sp³-hybridized carbons (Fsp3) is 0.438. The summed E-state index contributed by atoms with van der Waals surface area (Å²) in [5.41, 5.74) is 3.54. The second-order valence-electron chi connectivity index (χ2n) is 5.69. The van der Waals surface area contributed by atoms with Crippen LogP contribution in [0.3, 0.4) is 0 Å². The van der Waals surface area contributed by atoms with Crippen molar-refractivity contribution < 1.29 is 9.53 Å². The van der Waals surface area contributed by atoms with E-state index in [4.69, 9.17) is 4.74 Å². The summed E-state index contributed by atoms with van der Waals surface area (Å²) < 4.78 is 5.33. The van der Waals surface area contributed by atoms with Crippen LogP contribution in [0.2, 0.25) is 0 Å². The number of benzene rings is 1. The van der Waals surface area contributed by atoms with E-state index in [1.165, 1.54) is 16.6 Å². The SMILES string of the molecule is CC(C)OC(=O)C1Cc2c([nH]c3ccccc23)C(C)N1. The standard InChI is InChI=1S/C16H20N2O2/c1-9(2)20-16(19)14-8-12-11-6-4-5-7-13(11)18-15(12)10(3)17-14/h4-7,9-10,14,17-18H,8H2,1-3H3. The molecule has 4 nitrogen and oxygen atoms in total. The maximum absolute atomic E-state index is 12.1. The molecular formula is C16H20N2O2. The van der Waals surface area contributed by atoms with E-state index in [-0.39, 0.29) is 24.2 Å². The third-order valence-electron chi connectivity index (χ3n) is 3.78. The first kappa shape index (κ1) is 13.2. The summed E-state index contributed by atoms with van der Waals surface area (Å²) >= 11 is 0. The lowest BCUT2D eigenvalue weighted by atomic mass is 9.94. The Morgan fingerprint density at radius 2 is 2.10 bits per heavy atom. The van der Waals surface area contributed by atoms with Gasteiger partial charge in [-0.3, -0.25) is 10.1 Å². The molecule has 0 amide bonds. The fourth-order valence-electron chi connectivity index (χ4n) is 2.92. The molecule has 0 aliphatic carbocycles. The molecule has 2 heterocycles. The molecule has 2 aromatic rings. The number of hydrogen-bond donors (Lipinski definition) is 2. The highest BCUT2D eigenvalue weighted by atomic mass is 16.5. The summed E-state index contributed by atoms with van der Waals surface area (Å²) in [6.07, 6.45) is 0.596. The second-order valence-corrected chi connectivity index (χ2v) is 5.69. The van der Waals surface area contributed by atoms with Gasteiger partial charge in [-0.05, 0) is 32.4 Å². The van der Waals surface area contributed by atoms with Crippen LogP contribution in [0.1, 0.15) is 38.1 Å². The normalized spacial score (nSPS) is 22.0. The van der Waals surface area contributed by atoms with Crippen LogP contribution in [-0.2, 0) is 16.0 Å². The highest BCUT2D eigenvalue weighted by Gasteiger charge is 2.32. The van der Waals surface area contributed by atoms with Gasteiger partial charge in [0.05, 0.1) is 6.10 Å². The maximum Gasteiger partial charge on any atom is 0.323 e. The Kier molecular flexibility index (Phi) is 3.26. The number of rotatable bonds is 2. The second kappa shape index (κ2) is 4.94. The predicted molar refractivity (Wildman–Crippen MR) is 78.6 cm³/mol. The Labute approximate surface area is 118 Å². The Hall–Kier alpha value is -1.81. The van der Waals surface area contributed by atoms with E-state index in [1.807, 2.05) is 26.0 Å². The van der Waals surface area contributed by atoms with E-state index >= 15 is 0 Å². The summed E-state index contributed by atoms with van der Waals surface area (Å²) in [7, 11) is 0. The lowest BCUT2D eigenvalue weighted by Crippen LogP contribution is -2.45. The highest BCUT2D eigenvalue weighted by molar-refractivity contribution is 5.87. The number of aromatic amines is 1. The van der Waals surface area contributed by atoms with Crippen LogP contribution in [0.5, 0.6) is 0 Å². The van der Waals surface area contributed by atoms with Crippen LogP contribution < -0.4 is 5.32 Å². The summed E-state index contributed by atoms with van der Waals surface area (Å²) in [5, 5.41) is 4.54. The van der Waals surface area contributed by atoms with Gasteiger partial charge < -0.3 is 9.72 Å². The van der Waals surface area contributed by atoms with E-state index in [1.54, 1.807) is 0 Å². The molecule has 20 heavy (non-hydrogen) atoms. The molecule has 2 N–H and O–H groups in total. The molecule has 0 fully saturated rings. The quantitative estimate of drug-likeness (QED) is 0.826. The van der Waals surface area contributed by atoms with Crippen LogP contribution in [0.25, 0.3) is 10.9 Å².